The normalized spacial score (nSPS) is 11.0. The van der Waals surface area contributed by atoms with Crippen molar-refractivity contribution in [3.05, 3.63) is 23.9 Å². The summed E-state index contributed by atoms with van der Waals surface area (Å²) >= 11 is 3.35. The number of methoxy groups -OCH3 is 1. The van der Waals surface area contributed by atoms with Gasteiger partial charge in [0.2, 0.25) is 5.88 Å². The van der Waals surface area contributed by atoms with Gasteiger partial charge in [-0.3, -0.25) is 4.79 Å². The molecule has 0 spiro atoms. The van der Waals surface area contributed by atoms with E-state index in [9.17, 15) is 4.79 Å². The van der Waals surface area contributed by atoms with Crippen molar-refractivity contribution in [1.29, 1.82) is 0 Å². The summed E-state index contributed by atoms with van der Waals surface area (Å²) < 4.78 is 5.03. The van der Waals surface area contributed by atoms with Crippen LogP contribution in [0.15, 0.2) is 18.3 Å². The van der Waals surface area contributed by atoms with Crippen molar-refractivity contribution in [2.45, 2.75) is 19.4 Å². The van der Waals surface area contributed by atoms with Crippen molar-refractivity contribution in [3.63, 3.8) is 0 Å². The van der Waals surface area contributed by atoms with Crippen LogP contribution < -0.4 is 10.1 Å². The molecule has 0 aromatic carbocycles. The number of nitrogens with one attached hydrogen (secondary N) is 1. The number of pyridine rings is 1. The molecule has 0 saturated heterocycles. The highest BCUT2D eigenvalue weighted by Gasteiger charge is 2.21. The third-order valence-electron chi connectivity index (χ3n) is 2.00. The number of halogens is 1. The van der Waals surface area contributed by atoms with E-state index in [0.717, 1.165) is 0 Å². The Labute approximate surface area is 104 Å². The maximum Gasteiger partial charge on any atom is 0.257 e. The van der Waals surface area contributed by atoms with Gasteiger partial charge in [0.05, 0.1) is 7.11 Å². The minimum Gasteiger partial charge on any atom is -0.480 e. The van der Waals surface area contributed by atoms with Crippen LogP contribution in [0.1, 0.15) is 24.2 Å². The standard InChI is InChI=1S/C11H15BrN2O2/c1-11(2,7-12)14-9(15)8-5-4-6-13-10(8)16-3/h4-6H,7H2,1-3H3,(H,14,15). The van der Waals surface area contributed by atoms with E-state index < -0.39 is 0 Å². The van der Waals surface area contributed by atoms with E-state index in [4.69, 9.17) is 4.74 Å². The molecule has 1 aromatic rings. The second-order valence-electron chi connectivity index (χ2n) is 4.03. The molecule has 0 saturated carbocycles. The molecule has 0 aliphatic rings. The topological polar surface area (TPSA) is 51.2 Å². The molecule has 16 heavy (non-hydrogen) atoms. The first-order valence-corrected chi connectivity index (χ1v) is 6.00. The zero-order valence-corrected chi connectivity index (χ0v) is 11.2. The van der Waals surface area contributed by atoms with Gasteiger partial charge < -0.3 is 10.1 Å². The molecular formula is C11H15BrN2O2. The van der Waals surface area contributed by atoms with Crippen LogP contribution in [0.25, 0.3) is 0 Å². The van der Waals surface area contributed by atoms with Gasteiger partial charge in [0, 0.05) is 17.1 Å². The van der Waals surface area contributed by atoms with E-state index in [1.807, 2.05) is 13.8 Å². The molecule has 0 fully saturated rings. The molecule has 0 unspecified atom stereocenters. The van der Waals surface area contributed by atoms with Crippen molar-refractivity contribution < 1.29 is 9.53 Å². The summed E-state index contributed by atoms with van der Waals surface area (Å²) in [6.07, 6.45) is 1.59. The lowest BCUT2D eigenvalue weighted by atomic mass is 10.1. The fourth-order valence-corrected chi connectivity index (χ4v) is 1.27. The predicted molar refractivity (Wildman–Crippen MR) is 66.1 cm³/mol. The summed E-state index contributed by atoms with van der Waals surface area (Å²) in [5.41, 5.74) is 0.136. The van der Waals surface area contributed by atoms with Crippen molar-refractivity contribution in [2.75, 3.05) is 12.4 Å². The van der Waals surface area contributed by atoms with E-state index in [1.54, 1.807) is 18.3 Å². The number of rotatable bonds is 4. The lowest BCUT2D eigenvalue weighted by Crippen LogP contribution is -2.44. The number of carbonyl (C=O) groups is 1. The summed E-state index contributed by atoms with van der Waals surface area (Å²) in [6, 6.07) is 3.39. The van der Waals surface area contributed by atoms with Gasteiger partial charge in [-0.15, -0.1) is 0 Å². The van der Waals surface area contributed by atoms with Crippen LogP contribution in [0.3, 0.4) is 0 Å². The van der Waals surface area contributed by atoms with Crippen LogP contribution in [-0.4, -0.2) is 28.9 Å². The lowest BCUT2D eigenvalue weighted by Gasteiger charge is -2.23. The fraction of sp³-hybridized carbons (Fsp3) is 0.455. The summed E-state index contributed by atoms with van der Waals surface area (Å²) in [4.78, 5) is 15.9. The molecule has 0 aliphatic carbocycles. The average Bonchev–Trinajstić information content (AvgIpc) is 2.28. The third-order valence-corrected chi connectivity index (χ3v) is 3.40. The van der Waals surface area contributed by atoms with E-state index in [-0.39, 0.29) is 11.4 Å². The molecule has 1 N–H and O–H groups in total. The quantitative estimate of drug-likeness (QED) is 0.862. The first kappa shape index (κ1) is 13.0. The molecule has 1 aromatic heterocycles. The van der Waals surface area contributed by atoms with E-state index in [0.29, 0.717) is 16.8 Å². The van der Waals surface area contributed by atoms with Gasteiger partial charge in [0.15, 0.2) is 0 Å². The van der Waals surface area contributed by atoms with Crippen LogP contribution in [-0.2, 0) is 0 Å². The Bertz CT molecular complexity index is 380. The van der Waals surface area contributed by atoms with Crippen LogP contribution in [0, 0.1) is 0 Å². The number of carbonyl (C=O) groups excluding carboxylic acids is 1. The molecule has 0 aliphatic heterocycles. The van der Waals surface area contributed by atoms with Crippen LogP contribution >= 0.6 is 15.9 Å². The number of aromatic nitrogens is 1. The van der Waals surface area contributed by atoms with E-state index in [1.165, 1.54) is 7.11 Å². The van der Waals surface area contributed by atoms with Crippen molar-refractivity contribution >= 4 is 21.8 Å². The second kappa shape index (κ2) is 5.30. The van der Waals surface area contributed by atoms with Crippen molar-refractivity contribution in [1.82, 2.24) is 10.3 Å². The number of ether oxygens (including phenoxy) is 1. The molecule has 0 bridgehead atoms. The SMILES string of the molecule is COc1ncccc1C(=O)NC(C)(C)CBr. The Hall–Kier alpha value is -1.10. The zero-order valence-electron chi connectivity index (χ0n) is 9.58. The molecule has 1 rings (SSSR count). The Balaban J connectivity index is 2.88. The van der Waals surface area contributed by atoms with Gasteiger partial charge in [0.25, 0.3) is 5.91 Å². The maximum atomic E-state index is 11.9. The first-order valence-electron chi connectivity index (χ1n) is 4.87. The zero-order chi connectivity index (χ0) is 12.2. The highest BCUT2D eigenvalue weighted by Crippen LogP contribution is 2.15. The predicted octanol–water partition coefficient (Wildman–Crippen LogP) is 1.99. The lowest BCUT2D eigenvalue weighted by molar-refractivity contribution is 0.0917. The highest BCUT2D eigenvalue weighted by atomic mass is 79.9. The van der Waals surface area contributed by atoms with Gasteiger partial charge in [0.1, 0.15) is 5.56 Å². The van der Waals surface area contributed by atoms with Crippen LogP contribution in [0.5, 0.6) is 5.88 Å². The van der Waals surface area contributed by atoms with Gasteiger partial charge in [-0.05, 0) is 26.0 Å². The van der Waals surface area contributed by atoms with E-state index >= 15 is 0 Å². The summed E-state index contributed by atoms with van der Waals surface area (Å²) in [6.45, 7) is 3.87. The smallest absolute Gasteiger partial charge is 0.257 e. The molecular weight excluding hydrogens is 272 g/mol. The molecule has 0 radical (unpaired) electrons. The van der Waals surface area contributed by atoms with Gasteiger partial charge in [-0.2, -0.15) is 0 Å². The largest absolute Gasteiger partial charge is 0.480 e. The van der Waals surface area contributed by atoms with Crippen LogP contribution in [0.4, 0.5) is 0 Å². The van der Waals surface area contributed by atoms with Gasteiger partial charge >= 0.3 is 0 Å². The fourth-order valence-electron chi connectivity index (χ4n) is 1.13. The van der Waals surface area contributed by atoms with Gasteiger partial charge in [-0.1, -0.05) is 15.9 Å². The van der Waals surface area contributed by atoms with Crippen molar-refractivity contribution in [2.24, 2.45) is 0 Å². The van der Waals surface area contributed by atoms with Crippen LogP contribution in [0.2, 0.25) is 0 Å². The Morgan fingerprint density at radius 2 is 2.31 bits per heavy atom. The summed E-state index contributed by atoms with van der Waals surface area (Å²) in [7, 11) is 1.49. The van der Waals surface area contributed by atoms with Gasteiger partial charge in [-0.25, -0.2) is 4.98 Å². The summed E-state index contributed by atoms with van der Waals surface area (Å²) in [5.74, 6) is 0.153. The first-order chi connectivity index (χ1) is 7.50. The van der Waals surface area contributed by atoms with Crippen molar-refractivity contribution in [3.8, 4) is 5.88 Å². The molecule has 1 amide bonds. The Morgan fingerprint density at radius 3 is 2.88 bits per heavy atom. The second-order valence-corrected chi connectivity index (χ2v) is 4.59. The van der Waals surface area contributed by atoms with E-state index in [2.05, 4.69) is 26.2 Å². The molecule has 88 valence electrons. The minimum absolute atomic E-state index is 0.186. The Kier molecular flexibility index (Phi) is 4.29. The number of amides is 1. The third kappa shape index (κ3) is 3.20. The number of hydrogen-bond acceptors (Lipinski definition) is 3. The number of alkyl halides is 1. The number of nitrogens with zero attached hydrogens (tertiary/aromatic N) is 1. The molecule has 1 heterocycles. The summed E-state index contributed by atoms with van der Waals surface area (Å²) in [5, 5.41) is 3.57. The minimum atomic E-state index is -0.308. The monoisotopic (exact) mass is 286 g/mol. The highest BCUT2D eigenvalue weighted by molar-refractivity contribution is 9.09. The maximum absolute atomic E-state index is 11.9. The number of hydrogen-bond donors (Lipinski definition) is 1. The molecule has 0 atom stereocenters. The molecule has 4 nitrogen and oxygen atoms in total. The average molecular weight is 287 g/mol. The molecule has 5 heteroatoms. The Morgan fingerprint density at radius 1 is 1.62 bits per heavy atom.